The third kappa shape index (κ3) is 5.04. The number of hydrogen-bond acceptors (Lipinski definition) is 2. The summed E-state index contributed by atoms with van der Waals surface area (Å²) in [5, 5.41) is 0. The second-order valence-electron chi connectivity index (χ2n) is 4.79. The highest BCUT2D eigenvalue weighted by Crippen LogP contribution is 2.37. The molecule has 1 aromatic carbocycles. The van der Waals surface area contributed by atoms with Crippen LogP contribution in [0.1, 0.15) is 25.5 Å². The minimum absolute atomic E-state index is 0.0325. The maximum absolute atomic E-state index is 13.2. The summed E-state index contributed by atoms with van der Waals surface area (Å²) in [7, 11) is 0. The molecule has 1 aromatic rings. The lowest BCUT2D eigenvalue weighted by atomic mass is 10.1. The van der Waals surface area contributed by atoms with Gasteiger partial charge in [0.15, 0.2) is 6.04 Å². The van der Waals surface area contributed by atoms with Gasteiger partial charge in [-0.2, -0.15) is 13.2 Å². The van der Waals surface area contributed by atoms with Crippen LogP contribution in [0.4, 0.5) is 13.2 Å². The minimum atomic E-state index is -4.55. The van der Waals surface area contributed by atoms with Gasteiger partial charge in [-0.3, -0.25) is 0 Å². The molecular weight excluding hydrogens is 470 g/mol. The van der Waals surface area contributed by atoms with Gasteiger partial charge in [0.25, 0.3) is 0 Å². The van der Waals surface area contributed by atoms with Crippen molar-refractivity contribution >= 4 is 49.9 Å². The highest BCUT2D eigenvalue weighted by atomic mass is 127. The third-order valence-electron chi connectivity index (χ3n) is 2.32. The van der Waals surface area contributed by atoms with Crippen LogP contribution in [0.5, 0.6) is 0 Å². The summed E-state index contributed by atoms with van der Waals surface area (Å²) in [5.41, 5.74) is 0.0325. The summed E-state index contributed by atoms with van der Waals surface area (Å²) in [6, 6.07) is 2.59. The van der Waals surface area contributed by atoms with E-state index in [4.69, 9.17) is 0 Å². The second-order valence-corrected chi connectivity index (χ2v) is 8.74. The van der Waals surface area contributed by atoms with Gasteiger partial charge >= 0.3 is 6.18 Å². The highest BCUT2D eigenvalue weighted by molar-refractivity contribution is 14.1. The van der Waals surface area contributed by atoms with Crippen molar-refractivity contribution in [3.05, 3.63) is 38.7 Å². The Bertz CT molecular complexity index is 479. The Morgan fingerprint density at radius 2 is 1.95 bits per heavy atom. The van der Waals surface area contributed by atoms with Crippen molar-refractivity contribution in [1.29, 1.82) is 0 Å². The van der Waals surface area contributed by atoms with E-state index in [2.05, 4.69) is 27.6 Å². The van der Waals surface area contributed by atoms with E-state index >= 15 is 0 Å². The number of hydrogen-bond donors (Lipinski definition) is 1. The molecule has 0 amide bonds. The van der Waals surface area contributed by atoms with Crippen LogP contribution in [-0.4, -0.2) is 15.5 Å². The van der Waals surface area contributed by atoms with Gasteiger partial charge in [0, 0.05) is 26.3 Å². The molecule has 2 atom stereocenters. The van der Waals surface area contributed by atoms with E-state index in [1.807, 2.05) is 22.6 Å². The van der Waals surface area contributed by atoms with Gasteiger partial charge in [-0.1, -0.05) is 15.9 Å². The summed E-state index contributed by atoms with van der Waals surface area (Å²) in [6.07, 6.45) is -4.55. The largest absolute Gasteiger partial charge is 0.598 e. The maximum atomic E-state index is 13.2. The van der Waals surface area contributed by atoms with Crippen molar-refractivity contribution in [3.63, 3.8) is 0 Å². The van der Waals surface area contributed by atoms with Gasteiger partial charge in [-0.25, -0.2) is 0 Å². The molecule has 0 aromatic heterocycles. The molecule has 8 heteroatoms. The van der Waals surface area contributed by atoms with Crippen LogP contribution in [0.3, 0.4) is 0 Å². The molecule has 0 saturated carbocycles. The molecule has 0 aliphatic rings. The molecule has 0 bridgehead atoms. The van der Waals surface area contributed by atoms with Gasteiger partial charge in [0.05, 0.1) is 0 Å². The first kappa shape index (κ1) is 18.5. The predicted molar refractivity (Wildman–Crippen MR) is 86.4 cm³/mol. The summed E-state index contributed by atoms with van der Waals surface area (Å²) in [5.74, 6) is 0. The van der Waals surface area contributed by atoms with Crippen LogP contribution in [-0.2, 0) is 11.4 Å². The van der Waals surface area contributed by atoms with Gasteiger partial charge in [0.2, 0.25) is 0 Å². The summed E-state index contributed by atoms with van der Waals surface area (Å²) in [4.78, 5) is 0. The van der Waals surface area contributed by atoms with E-state index in [9.17, 15) is 17.7 Å². The number of benzene rings is 1. The molecule has 0 aliphatic carbocycles. The van der Waals surface area contributed by atoms with Crippen molar-refractivity contribution in [2.24, 2.45) is 0 Å². The lowest BCUT2D eigenvalue weighted by Crippen LogP contribution is -2.46. The molecule has 20 heavy (non-hydrogen) atoms. The van der Waals surface area contributed by atoms with E-state index in [1.54, 1.807) is 12.1 Å². The van der Waals surface area contributed by atoms with Crippen molar-refractivity contribution in [1.82, 2.24) is 4.72 Å². The fourth-order valence-electron chi connectivity index (χ4n) is 1.31. The van der Waals surface area contributed by atoms with E-state index < -0.39 is 28.3 Å². The molecule has 0 spiro atoms. The van der Waals surface area contributed by atoms with Gasteiger partial charge in [-0.05, 0) is 60.2 Å². The molecule has 1 rings (SSSR count). The Morgan fingerprint density at radius 3 is 2.40 bits per heavy atom. The number of alkyl halides is 3. The van der Waals surface area contributed by atoms with Crippen LogP contribution < -0.4 is 4.72 Å². The van der Waals surface area contributed by atoms with Gasteiger partial charge in [0.1, 0.15) is 4.75 Å². The first-order chi connectivity index (χ1) is 8.93. The first-order valence-electron chi connectivity index (χ1n) is 5.48. The van der Waals surface area contributed by atoms with Crippen LogP contribution in [0.2, 0.25) is 0 Å². The van der Waals surface area contributed by atoms with Gasteiger partial charge in [-0.15, -0.1) is 4.72 Å². The monoisotopic (exact) mass is 482 g/mol. The molecule has 0 saturated heterocycles. The topological polar surface area (TPSA) is 35.1 Å². The Hall–Kier alpha value is 0.490. The Morgan fingerprint density at radius 1 is 1.40 bits per heavy atom. The smallest absolute Gasteiger partial charge is 0.412 e. The predicted octanol–water partition coefficient (Wildman–Crippen LogP) is 4.52. The van der Waals surface area contributed by atoms with Crippen LogP contribution >= 0.6 is 38.5 Å². The average molecular weight is 483 g/mol. The number of rotatable bonds is 4. The molecular formula is C12H13BrF3INOS. The zero-order chi connectivity index (χ0) is 15.7. The van der Waals surface area contributed by atoms with Crippen LogP contribution in [0.25, 0.3) is 0 Å². The summed E-state index contributed by atoms with van der Waals surface area (Å²) in [6.45, 7) is 6.62. The number of nitrogens with one attached hydrogen (secondary N) is 1. The molecule has 2 unspecified atom stereocenters. The van der Waals surface area contributed by atoms with Crippen LogP contribution in [0, 0.1) is 10.5 Å². The zero-order valence-electron chi connectivity index (χ0n) is 10.7. The molecule has 0 heterocycles. The fourth-order valence-corrected chi connectivity index (χ4v) is 3.13. The standard InChI is InChI=1S/C12H13BrF3INOS/c1-11(2,3)20(19)18-10(12(14,15)16)8-6-7(13)4-5-9(8)17/h4-6,10,18H,1H2,2-3H3. The van der Waals surface area contributed by atoms with Gasteiger partial charge < -0.3 is 4.55 Å². The Kier molecular flexibility index (Phi) is 6.23. The Balaban J connectivity index is 3.17. The fraction of sp³-hybridized carbons (Fsp3) is 0.417. The normalized spacial score (nSPS) is 16.1. The molecule has 0 fully saturated rings. The summed E-state index contributed by atoms with van der Waals surface area (Å²) < 4.78 is 53.7. The third-order valence-corrected chi connectivity index (χ3v) is 5.25. The van der Waals surface area contributed by atoms with E-state index in [0.29, 0.717) is 8.04 Å². The van der Waals surface area contributed by atoms with E-state index in [0.717, 1.165) is 0 Å². The first-order valence-corrected chi connectivity index (χ1v) is 8.50. The van der Waals surface area contributed by atoms with Crippen molar-refractivity contribution < 1.29 is 17.7 Å². The summed E-state index contributed by atoms with van der Waals surface area (Å²) >= 11 is 3.05. The van der Waals surface area contributed by atoms with E-state index in [1.165, 1.54) is 19.9 Å². The van der Waals surface area contributed by atoms with E-state index in [-0.39, 0.29) is 5.56 Å². The lowest BCUT2D eigenvalue weighted by molar-refractivity contribution is -0.153. The number of halogens is 5. The van der Waals surface area contributed by atoms with Crippen molar-refractivity contribution in [2.75, 3.05) is 0 Å². The lowest BCUT2D eigenvalue weighted by Gasteiger charge is -2.29. The maximum Gasteiger partial charge on any atom is 0.412 e. The molecule has 1 radical (unpaired) electrons. The highest BCUT2D eigenvalue weighted by Gasteiger charge is 2.46. The molecule has 1 N–H and O–H groups in total. The second kappa shape index (κ2) is 6.72. The molecule has 2 nitrogen and oxygen atoms in total. The van der Waals surface area contributed by atoms with Crippen molar-refractivity contribution in [3.8, 4) is 0 Å². The molecule has 113 valence electrons. The van der Waals surface area contributed by atoms with Crippen molar-refractivity contribution in [2.45, 2.75) is 30.8 Å². The Labute approximate surface area is 141 Å². The average Bonchev–Trinajstić information content (AvgIpc) is 2.26. The minimum Gasteiger partial charge on any atom is -0.598 e. The SMILES string of the molecule is [CH2]C(C)(C)[S+]([O-])NC(c1cc(Br)ccc1I)C(F)(F)F. The quantitative estimate of drug-likeness (QED) is 0.505. The van der Waals surface area contributed by atoms with Crippen LogP contribution in [0.15, 0.2) is 22.7 Å². The zero-order valence-corrected chi connectivity index (χ0v) is 15.3. The molecule has 0 aliphatic heterocycles.